The minimum Gasteiger partial charge on any atom is -0.0622 e. The summed E-state index contributed by atoms with van der Waals surface area (Å²) >= 11 is 0. The van der Waals surface area contributed by atoms with Crippen LogP contribution in [0.25, 0.3) is 22.3 Å². The van der Waals surface area contributed by atoms with Crippen molar-refractivity contribution < 1.29 is 4.57 Å². The van der Waals surface area contributed by atoms with E-state index in [9.17, 15) is 4.57 Å². The first kappa shape index (κ1) is 16.4. The molecule has 0 bridgehead atoms. The maximum atomic E-state index is 13.2. The Morgan fingerprint density at radius 1 is 0.423 bits per heavy atom. The van der Waals surface area contributed by atoms with Crippen LogP contribution >= 0.6 is 7.80 Å². The van der Waals surface area contributed by atoms with Gasteiger partial charge in [0.25, 0.3) is 0 Å². The Kier molecular flexibility index (Phi) is 4.73. The summed E-state index contributed by atoms with van der Waals surface area (Å²) < 4.78 is 13.2. The van der Waals surface area contributed by atoms with Crippen LogP contribution in [0.4, 0.5) is 0 Å². The number of hydrogen-bond acceptors (Lipinski definition) is 1. The van der Waals surface area contributed by atoms with Crippen LogP contribution in [0.3, 0.4) is 0 Å². The Morgan fingerprint density at radius 2 is 0.808 bits per heavy atom. The van der Waals surface area contributed by atoms with Crippen LogP contribution < -0.4 is 10.6 Å². The topological polar surface area (TPSA) is 17.1 Å². The van der Waals surface area contributed by atoms with Gasteiger partial charge in [-0.05, 0) is 46.5 Å². The molecule has 4 rings (SSSR count). The van der Waals surface area contributed by atoms with Crippen molar-refractivity contribution in [3.05, 3.63) is 109 Å². The van der Waals surface area contributed by atoms with Gasteiger partial charge in [-0.2, -0.15) is 0 Å². The molecule has 4 aromatic rings. The van der Waals surface area contributed by atoms with Gasteiger partial charge >= 0.3 is 7.80 Å². The summed E-state index contributed by atoms with van der Waals surface area (Å²) in [5.74, 6) is 0. The molecule has 0 unspecified atom stereocenters. The Morgan fingerprint density at radius 3 is 1.23 bits per heavy atom. The van der Waals surface area contributed by atoms with Crippen LogP contribution in [0.15, 0.2) is 109 Å². The third kappa shape index (κ3) is 3.49. The molecule has 0 aliphatic heterocycles. The van der Waals surface area contributed by atoms with Gasteiger partial charge in [0.2, 0.25) is 0 Å². The molecule has 0 aromatic heterocycles. The quantitative estimate of drug-likeness (QED) is 0.424. The van der Waals surface area contributed by atoms with E-state index in [1.165, 1.54) is 0 Å². The predicted molar refractivity (Wildman–Crippen MR) is 111 cm³/mol. The van der Waals surface area contributed by atoms with E-state index in [-0.39, 0.29) is 0 Å². The molecule has 0 amide bonds. The summed E-state index contributed by atoms with van der Waals surface area (Å²) in [6.45, 7) is 0. The van der Waals surface area contributed by atoms with E-state index in [1.807, 2.05) is 72.8 Å². The largest absolute Gasteiger partial charge is 0.415 e. The van der Waals surface area contributed by atoms with Crippen molar-refractivity contribution in [1.82, 2.24) is 0 Å². The average Bonchev–Trinajstić information content (AvgIpc) is 2.75. The monoisotopic (exact) mass is 353 g/mol. The highest BCUT2D eigenvalue weighted by Crippen LogP contribution is 2.26. The predicted octanol–water partition coefficient (Wildman–Crippen LogP) is 5.80. The first-order chi connectivity index (χ1) is 12.8. The van der Waals surface area contributed by atoms with Crippen molar-refractivity contribution in [2.75, 3.05) is 0 Å². The Balaban J connectivity index is 1.69. The highest BCUT2D eigenvalue weighted by atomic mass is 31.1. The highest BCUT2D eigenvalue weighted by Gasteiger charge is 2.24. The molecule has 0 aliphatic rings. The van der Waals surface area contributed by atoms with E-state index in [2.05, 4.69) is 36.4 Å². The first-order valence-electron chi connectivity index (χ1n) is 8.59. The standard InChI is InChI=1S/C24H18OP/c25-26(23-15-7-13-21(17-23)19-9-3-1-4-10-19)24-16-8-14-22(18-24)20-11-5-2-6-12-20/h1-18H/q+1. The molecular formula is C24H18OP+. The molecule has 0 aliphatic carbocycles. The van der Waals surface area contributed by atoms with Crippen molar-refractivity contribution in [2.45, 2.75) is 0 Å². The number of benzene rings is 4. The maximum Gasteiger partial charge on any atom is 0.415 e. The summed E-state index contributed by atoms with van der Waals surface area (Å²) in [6, 6.07) is 36.4. The third-order valence-corrected chi connectivity index (χ3v) is 5.87. The summed E-state index contributed by atoms with van der Waals surface area (Å²) in [7, 11) is -1.63. The summed E-state index contributed by atoms with van der Waals surface area (Å²) in [4.78, 5) is 0. The molecule has 0 saturated heterocycles. The van der Waals surface area contributed by atoms with Gasteiger partial charge in [-0.3, -0.25) is 0 Å². The molecule has 2 heteroatoms. The molecule has 124 valence electrons. The van der Waals surface area contributed by atoms with Crippen molar-refractivity contribution in [3.63, 3.8) is 0 Å². The van der Waals surface area contributed by atoms with Crippen LogP contribution in [0.1, 0.15) is 0 Å². The fourth-order valence-electron chi connectivity index (χ4n) is 3.03. The van der Waals surface area contributed by atoms with E-state index in [4.69, 9.17) is 0 Å². The zero-order chi connectivity index (χ0) is 17.8. The fraction of sp³-hybridized carbons (Fsp3) is 0. The summed E-state index contributed by atoms with van der Waals surface area (Å²) in [5.41, 5.74) is 4.45. The van der Waals surface area contributed by atoms with Crippen molar-refractivity contribution in [2.24, 2.45) is 0 Å². The first-order valence-corrected chi connectivity index (χ1v) is 9.85. The second-order valence-corrected chi connectivity index (χ2v) is 7.75. The SMILES string of the molecule is O=[P+](c1cccc(-c2ccccc2)c1)c1cccc(-c2ccccc2)c1. The van der Waals surface area contributed by atoms with Gasteiger partial charge in [0, 0.05) is 0 Å². The molecule has 0 fully saturated rings. The van der Waals surface area contributed by atoms with Crippen molar-refractivity contribution in [1.29, 1.82) is 0 Å². The van der Waals surface area contributed by atoms with Gasteiger partial charge in [0.15, 0.2) is 10.6 Å². The summed E-state index contributed by atoms with van der Waals surface area (Å²) in [6.07, 6.45) is 0. The normalized spacial score (nSPS) is 10.5. The van der Waals surface area contributed by atoms with E-state index in [0.717, 1.165) is 32.9 Å². The minimum atomic E-state index is -1.63. The molecule has 0 radical (unpaired) electrons. The molecule has 1 nitrogen and oxygen atoms in total. The van der Waals surface area contributed by atoms with E-state index >= 15 is 0 Å². The van der Waals surface area contributed by atoms with Gasteiger partial charge in [-0.25, -0.2) is 0 Å². The van der Waals surface area contributed by atoms with Crippen molar-refractivity contribution >= 4 is 18.4 Å². The Bertz CT molecular complexity index is 955. The Labute approximate surface area is 154 Å². The molecule has 0 atom stereocenters. The van der Waals surface area contributed by atoms with Crippen LogP contribution in [-0.2, 0) is 4.57 Å². The summed E-state index contributed by atoms with van der Waals surface area (Å²) in [5, 5.41) is 1.71. The lowest BCUT2D eigenvalue weighted by molar-refractivity contribution is 0.598. The van der Waals surface area contributed by atoms with E-state index in [1.54, 1.807) is 0 Å². The van der Waals surface area contributed by atoms with Crippen LogP contribution in [-0.4, -0.2) is 0 Å². The molecule has 0 N–H and O–H groups in total. The minimum absolute atomic E-state index is 0.853. The lowest BCUT2D eigenvalue weighted by Crippen LogP contribution is -2.07. The number of hydrogen-bond donors (Lipinski definition) is 0. The maximum absolute atomic E-state index is 13.2. The van der Waals surface area contributed by atoms with Crippen molar-refractivity contribution in [3.8, 4) is 22.3 Å². The third-order valence-electron chi connectivity index (χ3n) is 4.38. The average molecular weight is 353 g/mol. The second-order valence-electron chi connectivity index (χ2n) is 6.13. The van der Waals surface area contributed by atoms with Gasteiger partial charge in [-0.1, -0.05) is 89.5 Å². The van der Waals surface area contributed by atoms with Gasteiger partial charge in [-0.15, -0.1) is 0 Å². The van der Waals surface area contributed by atoms with E-state index in [0.29, 0.717) is 0 Å². The molecule has 0 saturated carbocycles. The zero-order valence-electron chi connectivity index (χ0n) is 14.2. The van der Waals surface area contributed by atoms with Gasteiger partial charge in [0.05, 0.1) is 0 Å². The smallest absolute Gasteiger partial charge is 0.0622 e. The Hall–Kier alpha value is -3.02. The molecular weight excluding hydrogens is 335 g/mol. The van der Waals surface area contributed by atoms with Crippen LogP contribution in [0.2, 0.25) is 0 Å². The second kappa shape index (κ2) is 7.47. The lowest BCUT2D eigenvalue weighted by atomic mass is 10.1. The lowest BCUT2D eigenvalue weighted by Gasteiger charge is -2.02. The van der Waals surface area contributed by atoms with E-state index < -0.39 is 7.80 Å². The van der Waals surface area contributed by atoms with Gasteiger partial charge < -0.3 is 0 Å². The molecule has 0 spiro atoms. The van der Waals surface area contributed by atoms with Crippen LogP contribution in [0.5, 0.6) is 0 Å². The zero-order valence-corrected chi connectivity index (χ0v) is 15.1. The van der Waals surface area contributed by atoms with Crippen LogP contribution in [0, 0.1) is 0 Å². The molecule has 0 heterocycles. The molecule has 26 heavy (non-hydrogen) atoms. The highest BCUT2D eigenvalue weighted by molar-refractivity contribution is 7.61. The fourth-order valence-corrected chi connectivity index (χ4v) is 4.29. The molecule has 4 aromatic carbocycles. The number of rotatable bonds is 4. The van der Waals surface area contributed by atoms with Gasteiger partial charge in [0.1, 0.15) is 0 Å².